The third-order valence-corrected chi connectivity index (χ3v) is 3.28. The summed E-state index contributed by atoms with van der Waals surface area (Å²) in [4.78, 5) is 24.4. The van der Waals surface area contributed by atoms with Gasteiger partial charge in [-0.2, -0.15) is 0 Å². The molecule has 2 aromatic carbocycles. The van der Waals surface area contributed by atoms with Crippen molar-refractivity contribution in [3.63, 3.8) is 0 Å². The number of halogens is 1. The Morgan fingerprint density at radius 2 is 1.75 bits per heavy atom. The number of benzene rings is 2. The van der Waals surface area contributed by atoms with E-state index in [4.69, 9.17) is 16.0 Å². The van der Waals surface area contributed by atoms with Crippen molar-refractivity contribution >= 4 is 22.6 Å². The van der Waals surface area contributed by atoms with Crippen LogP contribution in [-0.2, 0) is 0 Å². The van der Waals surface area contributed by atoms with Crippen molar-refractivity contribution in [1.29, 1.82) is 0 Å². The summed E-state index contributed by atoms with van der Waals surface area (Å²) in [6.07, 6.45) is 0. The van der Waals surface area contributed by atoms with Gasteiger partial charge in [0.25, 0.3) is 5.56 Å². The molecule has 0 N–H and O–H groups in total. The quantitative estimate of drug-likeness (QED) is 0.691. The lowest BCUT2D eigenvalue weighted by molar-refractivity contribution is 0.504. The molecule has 0 radical (unpaired) electrons. The molecule has 1 heterocycles. The Balaban J connectivity index is 2.37. The van der Waals surface area contributed by atoms with E-state index in [9.17, 15) is 9.59 Å². The van der Waals surface area contributed by atoms with Crippen molar-refractivity contribution < 1.29 is 4.42 Å². The fourth-order valence-corrected chi connectivity index (χ4v) is 2.18. The third kappa shape index (κ3) is 2.04. The van der Waals surface area contributed by atoms with Crippen LogP contribution in [0.4, 0.5) is 0 Å². The van der Waals surface area contributed by atoms with Gasteiger partial charge in [0, 0.05) is 11.1 Å². The summed E-state index contributed by atoms with van der Waals surface area (Å²) in [7, 11) is 0. The second-order valence-electron chi connectivity index (χ2n) is 4.48. The molecule has 100 valence electrons. The van der Waals surface area contributed by atoms with E-state index in [1.54, 1.807) is 24.3 Å². The molecular formula is C15H10ClNO3. The Morgan fingerprint density at radius 1 is 1.05 bits per heavy atom. The van der Waals surface area contributed by atoms with Gasteiger partial charge < -0.3 is 4.42 Å². The Kier molecular flexibility index (Phi) is 2.95. The molecular weight excluding hydrogens is 278 g/mol. The van der Waals surface area contributed by atoms with E-state index in [0.717, 1.165) is 10.1 Å². The van der Waals surface area contributed by atoms with Gasteiger partial charge in [0.1, 0.15) is 5.58 Å². The Bertz CT molecular complexity index is 907. The molecule has 20 heavy (non-hydrogen) atoms. The molecule has 3 rings (SSSR count). The van der Waals surface area contributed by atoms with Gasteiger partial charge in [-0.1, -0.05) is 29.3 Å². The highest BCUT2D eigenvalue weighted by Gasteiger charge is 2.11. The molecule has 0 amide bonds. The van der Waals surface area contributed by atoms with E-state index >= 15 is 0 Å². The normalized spacial score (nSPS) is 10.9. The summed E-state index contributed by atoms with van der Waals surface area (Å²) < 4.78 is 6.17. The average molecular weight is 288 g/mol. The summed E-state index contributed by atoms with van der Waals surface area (Å²) in [6.45, 7) is 1.93. The standard InChI is InChI=1S/C15H10ClNO3/c1-9-2-5-11(6-3-9)17-14(18)12-7-4-10(16)8-13(12)20-15(17)19/h2-8H,1H3. The van der Waals surface area contributed by atoms with Crippen LogP contribution in [0.2, 0.25) is 5.02 Å². The number of nitrogens with zero attached hydrogens (tertiary/aromatic N) is 1. The molecule has 3 aromatic rings. The maximum absolute atomic E-state index is 12.4. The van der Waals surface area contributed by atoms with Gasteiger partial charge in [0.05, 0.1) is 11.1 Å². The molecule has 0 atom stereocenters. The van der Waals surface area contributed by atoms with E-state index in [1.807, 2.05) is 19.1 Å². The fourth-order valence-electron chi connectivity index (χ4n) is 2.02. The predicted molar refractivity (Wildman–Crippen MR) is 77.8 cm³/mol. The molecule has 0 unspecified atom stereocenters. The zero-order valence-corrected chi connectivity index (χ0v) is 11.3. The predicted octanol–water partition coefficient (Wildman–Crippen LogP) is 2.91. The Hall–Kier alpha value is -2.33. The van der Waals surface area contributed by atoms with Crippen molar-refractivity contribution in [2.24, 2.45) is 0 Å². The van der Waals surface area contributed by atoms with Gasteiger partial charge in [-0.3, -0.25) is 4.79 Å². The first-order valence-electron chi connectivity index (χ1n) is 5.99. The molecule has 0 aliphatic rings. The third-order valence-electron chi connectivity index (χ3n) is 3.05. The van der Waals surface area contributed by atoms with E-state index in [0.29, 0.717) is 16.1 Å². The fraction of sp³-hybridized carbons (Fsp3) is 0.0667. The van der Waals surface area contributed by atoms with Crippen molar-refractivity contribution in [2.75, 3.05) is 0 Å². The minimum Gasteiger partial charge on any atom is -0.409 e. The largest absolute Gasteiger partial charge is 0.426 e. The van der Waals surface area contributed by atoms with Crippen LogP contribution in [0.3, 0.4) is 0 Å². The second kappa shape index (κ2) is 4.65. The lowest BCUT2D eigenvalue weighted by Crippen LogP contribution is -2.30. The topological polar surface area (TPSA) is 52.2 Å². The molecule has 0 fully saturated rings. The summed E-state index contributed by atoms with van der Waals surface area (Å²) in [5.41, 5.74) is 1.29. The van der Waals surface area contributed by atoms with Crippen LogP contribution in [0.5, 0.6) is 0 Å². The molecule has 5 heteroatoms. The first kappa shape index (κ1) is 12.7. The maximum Gasteiger partial charge on any atom is 0.426 e. The van der Waals surface area contributed by atoms with Crippen molar-refractivity contribution in [3.05, 3.63) is 74.0 Å². The summed E-state index contributed by atoms with van der Waals surface area (Å²) in [6, 6.07) is 11.7. The maximum atomic E-state index is 12.4. The van der Waals surface area contributed by atoms with E-state index in [-0.39, 0.29) is 5.58 Å². The van der Waals surface area contributed by atoms with Crippen LogP contribution < -0.4 is 11.3 Å². The van der Waals surface area contributed by atoms with Crippen LogP contribution >= 0.6 is 11.6 Å². The van der Waals surface area contributed by atoms with Gasteiger partial charge in [0.2, 0.25) is 0 Å². The van der Waals surface area contributed by atoms with Crippen LogP contribution in [0.15, 0.2) is 56.5 Å². The minimum absolute atomic E-state index is 0.191. The Morgan fingerprint density at radius 3 is 2.45 bits per heavy atom. The molecule has 0 saturated heterocycles. The highest BCUT2D eigenvalue weighted by Crippen LogP contribution is 2.16. The molecule has 0 aliphatic carbocycles. The average Bonchev–Trinajstić information content (AvgIpc) is 2.40. The monoisotopic (exact) mass is 287 g/mol. The van der Waals surface area contributed by atoms with Gasteiger partial charge >= 0.3 is 5.76 Å². The number of hydrogen-bond acceptors (Lipinski definition) is 3. The van der Waals surface area contributed by atoms with Crippen LogP contribution in [0.1, 0.15) is 5.56 Å². The summed E-state index contributed by atoms with van der Waals surface area (Å²) >= 11 is 5.83. The zero-order valence-electron chi connectivity index (χ0n) is 10.6. The number of hydrogen-bond donors (Lipinski definition) is 0. The van der Waals surface area contributed by atoms with Crippen molar-refractivity contribution in [1.82, 2.24) is 4.57 Å². The van der Waals surface area contributed by atoms with Crippen molar-refractivity contribution in [2.45, 2.75) is 6.92 Å². The van der Waals surface area contributed by atoms with Crippen LogP contribution in [0, 0.1) is 6.92 Å². The molecule has 0 saturated carbocycles. The molecule has 1 aromatic heterocycles. The highest BCUT2D eigenvalue weighted by atomic mass is 35.5. The van der Waals surface area contributed by atoms with Crippen LogP contribution in [0.25, 0.3) is 16.7 Å². The summed E-state index contributed by atoms with van der Waals surface area (Å²) in [5, 5.41) is 0.725. The number of rotatable bonds is 1. The van der Waals surface area contributed by atoms with Gasteiger partial charge in [-0.05, 0) is 31.2 Å². The van der Waals surface area contributed by atoms with E-state index in [2.05, 4.69) is 0 Å². The lowest BCUT2D eigenvalue weighted by atomic mass is 10.2. The first-order chi connectivity index (χ1) is 9.56. The van der Waals surface area contributed by atoms with Crippen LogP contribution in [-0.4, -0.2) is 4.57 Å². The number of aromatic nitrogens is 1. The highest BCUT2D eigenvalue weighted by molar-refractivity contribution is 6.31. The number of fused-ring (bicyclic) bond motifs is 1. The molecule has 4 nitrogen and oxygen atoms in total. The van der Waals surface area contributed by atoms with Gasteiger partial charge in [-0.15, -0.1) is 0 Å². The van der Waals surface area contributed by atoms with E-state index in [1.165, 1.54) is 6.07 Å². The van der Waals surface area contributed by atoms with E-state index < -0.39 is 11.3 Å². The zero-order chi connectivity index (χ0) is 14.3. The smallest absolute Gasteiger partial charge is 0.409 e. The Labute approximate surface area is 118 Å². The second-order valence-corrected chi connectivity index (χ2v) is 4.92. The first-order valence-corrected chi connectivity index (χ1v) is 6.36. The van der Waals surface area contributed by atoms with Crippen molar-refractivity contribution in [3.8, 4) is 5.69 Å². The molecule has 0 bridgehead atoms. The lowest BCUT2D eigenvalue weighted by Gasteiger charge is -2.05. The van der Waals surface area contributed by atoms with Gasteiger partial charge in [-0.25, -0.2) is 9.36 Å². The SMILES string of the molecule is Cc1ccc(-n2c(=O)oc3cc(Cl)ccc3c2=O)cc1. The summed E-state index contributed by atoms with van der Waals surface area (Å²) in [5.74, 6) is -0.728. The molecule has 0 spiro atoms. The minimum atomic E-state index is -0.728. The van der Waals surface area contributed by atoms with Gasteiger partial charge in [0.15, 0.2) is 0 Å². The number of aryl methyl sites for hydroxylation is 1. The molecule has 0 aliphatic heterocycles.